The Balaban J connectivity index is 1.72. The molecule has 1 aliphatic heterocycles. The van der Waals surface area contributed by atoms with Crippen LogP contribution in [0.1, 0.15) is 38.5 Å². The zero-order valence-electron chi connectivity index (χ0n) is 10.5. The van der Waals surface area contributed by atoms with Crippen molar-refractivity contribution in [2.24, 2.45) is 11.7 Å². The number of hydrogen-bond acceptors (Lipinski definition) is 3. The first-order chi connectivity index (χ1) is 7.79. The highest BCUT2D eigenvalue weighted by Crippen LogP contribution is 2.26. The van der Waals surface area contributed by atoms with Gasteiger partial charge in [0.1, 0.15) is 0 Å². The second kappa shape index (κ2) is 5.99. The van der Waals surface area contributed by atoms with E-state index in [0.717, 1.165) is 19.0 Å². The van der Waals surface area contributed by atoms with E-state index in [4.69, 9.17) is 10.5 Å². The molecule has 1 aliphatic carbocycles. The van der Waals surface area contributed by atoms with Gasteiger partial charge in [0.2, 0.25) is 0 Å². The topological polar surface area (TPSA) is 38.5 Å². The second-order valence-corrected chi connectivity index (χ2v) is 5.47. The van der Waals surface area contributed by atoms with E-state index in [1.54, 1.807) is 0 Å². The van der Waals surface area contributed by atoms with Crippen LogP contribution in [0.25, 0.3) is 0 Å². The van der Waals surface area contributed by atoms with Gasteiger partial charge in [-0.3, -0.25) is 4.90 Å². The van der Waals surface area contributed by atoms with Crippen molar-refractivity contribution < 1.29 is 4.74 Å². The van der Waals surface area contributed by atoms with Crippen LogP contribution in [0.5, 0.6) is 0 Å². The Hall–Kier alpha value is -0.120. The average molecular weight is 226 g/mol. The van der Waals surface area contributed by atoms with Crippen LogP contribution in [-0.2, 0) is 4.74 Å². The van der Waals surface area contributed by atoms with Gasteiger partial charge in [-0.25, -0.2) is 0 Å². The first-order valence-corrected chi connectivity index (χ1v) is 6.80. The quantitative estimate of drug-likeness (QED) is 0.791. The molecule has 0 aromatic heterocycles. The predicted octanol–water partition coefficient (Wildman–Crippen LogP) is 1.61. The van der Waals surface area contributed by atoms with Crippen LogP contribution in [-0.4, -0.2) is 43.8 Å². The van der Waals surface area contributed by atoms with E-state index in [-0.39, 0.29) is 0 Å². The van der Waals surface area contributed by atoms with Crippen LogP contribution < -0.4 is 5.73 Å². The van der Waals surface area contributed by atoms with E-state index < -0.39 is 0 Å². The number of nitrogens with two attached hydrogens (primary N) is 1. The van der Waals surface area contributed by atoms with Gasteiger partial charge in [0.25, 0.3) is 0 Å². The molecule has 0 aromatic rings. The predicted molar refractivity (Wildman–Crippen MR) is 66.4 cm³/mol. The summed E-state index contributed by atoms with van der Waals surface area (Å²) in [6.07, 6.45) is 8.51. The highest BCUT2D eigenvalue weighted by Gasteiger charge is 2.27. The molecule has 2 rings (SSSR count). The third-order valence-electron chi connectivity index (χ3n) is 4.29. The number of ether oxygens (including phenoxy) is 1. The fraction of sp³-hybridized carbons (Fsp3) is 1.00. The van der Waals surface area contributed by atoms with Crippen molar-refractivity contribution in [2.45, 2.75) is 50.7 Å². The highest BCUT2D eigenvalue weighted by atomic mass is 16.5. The fourth-order valence-corrected chi connectivity index (χ4v) is 3.16. The third-order valence-corrected chi connectivity index (χ3v) is 4.29. The molecule has 0 bridgehead atoms. The average Bonchev–Trinajstić information content (AvgIpc) is 2.78. The first-order valence-electron chi connectivity index (χ1n) is 6.80. The van der Waals surface area contributed by atoms with Crippen LogP contribution in [0.15, 0.2) is 0 Å². The lowest BCUT2D eigenvalue weighted by molar-refractivity contribution is 0.105. The Morgan fingerprint density at radius 2 is 2.00 bits per heavy atom. The van der Waals surface area contributed by atoms with E-state index in [1.165, 1.54) is 45.1 Å². The van der Waals surface area contributed by atoms with Crippen LogP contribution in [0.2, 0.25) is 0 Å². The van der Waals surface area contributed by atoms with Gasteiger partial charge in [0.05, 0.1) is 6.10 Å². The largest absolute Gasteiger partial charge is 0.380 e. The molecular formula is C13H26N2O. The number of hydrogen-bond donors (Lipinski definition) is 1. The Kier molecular flexibility index (Phi) is 4.62. The summed E-state index contributed by atoms with van der Waals surface area (Å²) >= 11 is 0. The van der Waals surface area contributed by atoms with E-state index in [1.807, 2.05) is 7.11 Å². The first kappa shape index (κ1) is 12.3. The third kappa shape index (κ3) is 3.19. The van der Waals surface area contributed by atoms with Gasteiger partial charge in [-0.05, 0) is 25.2 Å². The molecule has 3 nitrogen and oxygen atoms in total. The van der Waals surface area contributed by atoms with Gasteiger partial charge in [0.15, 0.2) is 0 Å². The van der Waals surface area contributed by atoms with Gasteiger partial charge < -0.3 is 10.5 Å². The normalized spacial score (nSPS) is 30.8. The van der Waals surface area contributed by atoms with Crippen LogP contribution in [0.3, 0.4) is 0 Å². The lowest BCUT2D eigenvalue weighted by Gasteiger charge is -2.30. The summed E-state index contributed by atoms with van der Waals surface area (Å²) in [5.41, 5.74) is 6.33. The zero-order valence-corrected chi connectivity index (χ0v) is 10.5. The van der Waals surface area contributed by atoms with E-state index >= 15 is 0 Å². The molecule has 2 fully saturated rings. The molecule has 2 aliphatic rings. The smallest absolute Gasteiger partial charge is 0.0710 e. The number of likely N-dealkylation sites (tertiary alicyclic amines) is 1. The van der Waals surface area contributed by atoms with Crippen molar-refractivity contribution in [3.8, 4) is 0 Å². The minimum absolute atomic E-state index is 0.385. The second-order valence-electron chi connectivity index (χ2n) is 5.47. The lowest BCUT2D eigenvalue weighted by atomic mass is 9.84. The molecule has 94 valence electrons. The number of nitrogens with zero attached hydrogens (tertiary/aromatic N) is 1. The summed E-state index contributed by atoms with van der Waals surface area (Å²) in [7, 11) is 1.81. The SMILES string of the molecule is COC1CCN(CC(N)C2CCCCC2)C1. The van der Waals surface area contributed by atoms with Crippen molar-refractivity contribution in [1.29, 1.82) is 0 Å². The summed E-state index contributed by atoms with van der Waals surface area (Å²) in [6.45, 7) is 3.32. The maximum absolute atomic E-state index is 6.33. The molecule has 2 unspecified atom stereocenters. The van der Waals surface area contributed by atoms with Crippen LogP contribution in [0, 0.1) is 5.92 Å². The summed E-state index contributed by atoms with van der Waals surface area (Å²) in [4.78, 5) is 2.48. The van der Waals surface area contributed by atoms with Crippen molar-refractivity contribution in [2.75, 3.05) is 26.7 Å². The molecule has 3 heteroatoms. The maximum atomic E-state index is 6.33. The molecule has 2 atom stereocenters. The Bertz CT molecular complexity index is 204. The fourth-order valence-electron chi connectivity index (χ4n) is 3.16. The van der Waals surface area contributed by atoms with Crippen molar-refractivity contribution in [1.82, 2.24) is 4.90 Å². The van der Waals surface area contributed by atoms with E-state index in [0.29, 0.717) is 12.1 Å². The van der Waals surface area contributed by atoms with Gasteiger partial charge in [-0.1, -0.05) is 19.3 Å². The molecule has 1 heterocycles. The molecule has 2 N–H and O–H groups in total. The number of methoxy groups -OCH3 is 1. The lowest BCUT2D eigenvalue weighted by Crippen LogP contribution is -2.42. The zero-order chi connectivity index (χ0) is 11.4. The molecule has 16 heavy (non-hydrogen) atoms. The monoisotopic (exact) mass is 226 g/mol. The van der Waals surface area contributed by atoms with Gasteiger partial charge in [-0.2, -0.15) is 0 Å². The van der Waals surface area contributed by atoms with E-state index in [9.17, 15) is 0 Å². The maximum Gasteiger partial charge on any atom is 0.0710 e. The summed E-state index contributed by atoms with van der Waals surface area (Å²) in [5.74, 6) is 0.773. The molecule has 0 amide bonds. The summed E-state index contributed by atoms with van der Waals surface area (Å²) < 4.78 is 5.39. The van der Waals surface area contributed by atoms with Gasteiger partial charge in [-0.15, -0.1) is 0 Å². The van der Waals surface area contributed by atoms with Crippen molar-refractivity contribution in [3.05, 3.63) is 0 Å². The summed E-state index contributed by atoms with van der Waals surface area (Å²) in [5, 5.41) is 0. The molecule has 0 spiro atoms. The molecule has 0 aromatic carbocycles. The van der Waals surface area contributed by atoms with E-state index in [2.05, 4.69) is 4.90 Å². The highest BCUT2D eigenvalue weighted by molar-refractivity contribution is 4.83. The Morgan fingerprint density at radius 1 is 1.25 bits per heavy atom. The standard InChI is InChI=1S/C13H26N2O/c1-16-12-7-8-15(9-12)10-13(14)11-5-3-2-4-6-11/h11-13H,2-10,14H2,1H3. The van der Waals surface area contributed by atoms with Crippen molar-refractivity contribution in [3.63, 3.8) is 0 Å². The Labute approximate surface area is 99.3 Å². The Morgan fingerprint density at radius 3 is 2.62 bits per heavy atom. The van der Waals surface area contributed by atoms with Crippen LogP contribution in [0.4, 0.5) is 0 Å². The van der Waals surface area contributed by atoms with Crippen LogP contribution >= 0.6 is 0 Å². The molecule has 1 saturated carbocycles. The molecular weight excluding hydrogens is 200 g/mol. The molecule has 0 radical (unpaired) electrons. The molecule has 1 saturated heterocycles. The van der Waals surface area contributed by atoms with Crippen molar-refractivity contribution >= 4 is 0 Å². The minimum Gasteiger partial charge on any atom is -0.380 e. The minimum atomic E-state index is 0.385. The van der Waals surface area contributed by atoms with Gasteiger partial charge >= 0.3 is 0 Å². The van der Waals surface area contributed by atoms with Gasteiger partial charge in [0, 0.05) is 32.8 Å². The number of rotatable bonds is 4. The summed E-state index contributed by atoms with van der Waals surface area (Å²) in [6, 6.07) is 0.385.